The number of nitrogens with one attached hydrogen (secondary N) is 1. The smallest absolute Gasteiger partial charge is 0.0726 e. The number of benzene rings is 6. The van der Waals surface area contributed by atoms with E-state index in [1.54, 1.807) is 0 Å². The molecule has 0 amide bonds. The van der Waals surface area contributed by atoms with Gasteiger partial charge in [0.05, 0.1) is 21.3 Å². The number of nitrogens with zero attached hydrogens (tertiary/aromatic N) is 1. The van der Waals surface area contributed by atoms with Crippen LogP contribution in [0.4, 0.5) is 0 Å². The zero-order valence-corrected chi connectivity index (χ0v) is 19.5. The van der Waals surface area contributed by atoms with Gasteiger partial charge in [-0.25, -0.2) is 0 Å². The van der Waals surface area contributed by atoms with Gasteiger partial charge in [-0.1, -0.05) is 66.7 Å². The number of para-hydroxylation sites is 2. The molecule has 3 aromatic heterocycles. The van der Waals surface area contributed by atoms with Gasteiger partial charge in [0.15, 0.2) is 0 Å². The molecule has 0 aliphatic carbocycles. The summed E-state index contributed by atoms with van der Waals surface area (Å²) >= 11 is 1.91. The lowest BCUT2D eigenvalue weighted by Crippen LogP contribution is -1.93. The van der Waals surface area contributed by atoms with Crippen LogP contribution in [0.2, 0.25) is 0 Å². The first kappa shape index (κ1) is 18.0. The minimum Gasteiger partial charge on any atom is -0.354 e. The fraction of sp³-hybridized carbons (Fsp3) is 0. The summed E-state index contributed by atoms with van der Waals surface area (Å²) in [5.74, 6) is 0. The fourth-order valence-electron chi connectivity index (χ4n) is 6.21. The van der Waals surface area contributed by atoms with Crippen LogP contribution >= 0.6 is 11.3 Å². The third kappa shape index (κ3) is 2.15. The van der Waals surface area contributed by atoms with Crippen molar-refractivity contribution < 1.29 is 0 Å². The second-order valence-corrected chi connectivity index (χ2v) is 10.5. The number of thiophene rings is 1. The third-order valence-corrected chi connectivity index (χ3v) is 8.85. The summed E-state index contributed by atoms with van der Waals surface area (Å²) in [7, 11) is 0. The summed E-state index contributed by atoms with van der Waals surface area (Å²) in [6.45, 7) is 0. The van der Waals surface area contributed by atoms with E-state index in [1.807, 2.05) is 11.3 Å². The normalized spacial score (nSPS) is 12.6. The quantitative estimate of drug-likeness (QED) is 0.235. The predicted molar refractivity (Wildman–Crippen MR) is 152 cm³/mol. The van der Waals surface area contributed by atoms with Crippen molar-refractivity contribution in [3.63, 3.8) is 0 Å². The summed E-state index contributed by atoms with van der Waals surface area (Å²) in [4.78, 5) is 3.73. The number of rotatable bonds is 1. The Labute approximate surface area is 204 Å². The molecule has 2 nitrogen and oxygen atoms in total. The molecule has 0 aliphatic heterocycles. The first-order valence-electron chi connectivity index (χ1n) is 12.0. The van der Waals surface area contributed by atoms with Crippen LogP contribution in [0.25, 0.3) is 80.2 Å². The number of fused-ring (bicyclic) bond motifs is 8. The lowest BCUT2D eigenvalue weighted by atomic mass is 9.98. The second kappa shape index (κ2) is 6.21. The molecule has 0 bridgehead atoms. The van der Waals surface area contributed by atoms with Crippen LogP contribution in [0.1, 0.15) is 0 Å². The molecular formula is C32H18N2S. The van der Waals surface area contributed by atoms with E-state index in [-0.39, 0.29) is 0 Å². The molecule has 1 N–H and O–H groups in total. The molecule has 0 saturated carbocycles. The highest BCUT2D eigenvalue weighted by Gasteiger charge is 2.23. The van der Waals surface area contributed by atoms with Crippen molar-refractivity contribution in [1.29, 1.82) is 0 Å². The van der Waals surface area contributed by atoms with Crippen molar-refractivity contribution in [3.8, 4) is 5.69 Å². The Morgan fingerprint density at radius 1 is 0.600 bits per heavy atom. The van der Waals surface area contributed by atoms with Gasteiger partial charge in [0, 0.05) is 53.6 Å². The summed E-state index contributed by atoms with van der Waals surface area (Å²) in [6.07, 6.45) is 0. The van der Waals surface area contributed by atoms with Crippen molar-refractivity contribution in [2.24, 2.45) is 0 Å². The standard InChI is InChI=1S/C32H18N2S/c1-2-8-19(9-3-1)34-26-17-23-20-10-4-6-12-25(20)33-30(23)22-15-14-18-16-24-21-11-5-7-13-27(21)35-32(24)31(34)28(18)29(22)26/h1-17,33H. The number of aromatic nitrogens is 2. The first-order valence-corrected chi connectivity index (χ1v) is 12.8. The summed E-state index contributed by atoms with van der Waals surface area (Å²) in [5.41, 5.74) is 6.21. The van der Waals surface area contributed by atoms with Gasteiger partial charge >= 0.3 is 0 Å². The van der Waals surface area contributed by atoms with Crippen LogP contribution in [0.15, 0.2) is 103 Å². The number of H-pyrrole nitrogens is 1. The van der Waals surface area contributed by atoms with Gasteiger partial charge in [0.1, 0.15) is 0 Å². The molecule has 0 saturated heterocycles. The van der Waals surface area contributed by atoms with E-state index in [4.69, 9.17) is 0 Å². The molecule has 0 fully saturated rings. The molecule has 0 radical (unpaired) electrons. The Bertz CT molecular complexity index is 2260. The molecule has 0 unspecified atom stereocenters. The fourth-order valence-corrected chi connectivity index (χ4v) is 7.44. The molecule has 0 spiro atoms. The molecule has 3 heteroatoms. The average molecular weight is 463 g/mol. The Hall–Kier alpha value is -4.34. The lowest BCUT2D eigenvalue weighted by Gasteiger charge is -2.08. The zero-order chi connectivity index (χ0) is 22.7. The minimum absolute atomic E-state index is 1.19. The van der Waals surface area contributed by atoms with E-state index in [0.717, 1.165) is 0 Å². The van der Waals surface area contributed by atoms with Crippen LogP contribution in [-0.4, -0.2) is 9.55 Å². The molecule has 0 atom stereocenters. The monoisotopic (exact) mass is 462 g/mol. The average Bonchev–Trinajstić information content (AvgIpc) is 3.57. The van der Waals surface area contributed by atoms with E-state index >= 15 is 0 Å². The first-order chi connectivity index (χ1) is 17.4. The maximum atomic E-state index is 3.73. The van der Waals surface area contributed by atoms with Crippen LogP contribution in [0.3, 0.4) is 0 Å². The molecule has 9 rings (SSSR count). The van der Waals surface area contributed by atoms with Crippen LogP contribution in [0.5, 0.6) is 0 Å². The van der Waals surface area contributed by atoms with E-state index < -0.39 is 0 Å². The van der Waals surface area contributed by atoms with Gasteiger partial charge in [-0.05, 0) is 41.8 Å². The summed E-state index contributed by atoms with van der Waals surface area (Å²) in [6, 6.07) is 37.7. The molecule has 0 aliphatic rings. The van der Waals surface area contributed by atoms with Gasteiger partial charge in [-0.2, -0.15) is 0 Å². The van der Waals surface area contributed by atoms with Crippen molar-refractivity contribution in [1.82, 2.24) is 9.55 Å². The molecule has 6 aromatic carbocycles. The summed E-state index contributed by atoms with van der Waals surface area (Å²) < 4.78 is 5.20. The zero-order valence-electron chi connectivity index (χ0n) is 18.7. The number of hydrogen-bond acceptors (Lipinski definition) is 1. The van der Waals surface area contributed by atoms with E-state index in [2.05, 4.69) is 113 Å². The Kier molecular flexibility index (Phi) is 3.20. The van der Waals surface area contributed by atoms with E-state index in [0.29, 0.717) is 0 Å². The van der Waals surface area contributed by atoms with Gasteiger partial charge in [-0.15, -0.1) is 11.3 Å². The Morgan fingerprint density at radius 3 is 2.31 bits per heavy atom. The van der Waals surface area contributed by atoms with Crippen LogP contribution in [0, 0.1) is 0 Å². The van der Waals surface area contributed by atoms with Crippen molar-refractivity contribution in [2.45, 2.75) is 0 Å². The molecule has 162 valence electrons. The topological polar surface area (TPSA) is 20.7 Å². The van der Waals surface area contributed by atoms with Crippen LogP contribution in [-0.2, 0) is 0 Å². The predicted octanol–water partition coefficient (Wildman–Crippen LogP) is 9.38. The Morgan fingerprint density at radius 2 is 1.40 bits per heavy atom. The van der Waals surface area contributed by atoms with Crippen molar-refractivity contribution in [3.05, 3.63) is 103 Å². The highest BCUT2D eigenvalue weighted by Crippen LogP contribution is 2.48. The number of aromatic amines is 1. The van der Waals surface area contributed by atoms with Gasteiger partial charge in [-0.3, -0.25) is 0 Å². The third-order valence-electron chi connectivity index (χ3n) is 7.65. The van der Waals surface area contributed by atoms with Gasteiger partial charge < -0.3 is 9.55 Å². The highest BCUT2D eigenvalue weighted by atomic mass is 32.1. The number of hydrogen-bond donors (Lipinski definition) is 1. The Balaban J connectivity index is 1.63. The molecule has 35 heavy (non-hydrogen) atoms. The van der Waals surface area contributed by atoms with Crippen molar-refractivity contribution in [2.75, 3.05) is 0 Å². The molecule has 9 aromatic rings. The maximum Gasteiger partial charge on any atom is 0.0726 e. The highest BCUT2D eigenvalue weighted by molar-refractivity contribution is 7.26. The maximum absolute atomic E-state index is 3.73. The van der Waals surface area contributed by atoms with Gasteiger partial charge in [0.2, 0.25) is 0 Å². The largest absolute Gasteiger partial charge is 0.354 e. The molecular weight excluding hydrogens is 444 g/mol. The van der Waals surface area contributed by atoms with E-state index in [1.165, 1.54) is 80.2 Å². The lowest BCUT2D eigenvalue weighted by molar-refractivity contribution is 1.19. The van der Waals surface area contributed by atoms with E-state index in [9.17, 15) is 0 Å². The molecule has 3 heterocycles. The minimum atomic E-state index is 1.19. The summed E-state index contributed by atoms with van der Waals surface area (Å²) in [5, 5.41) is 10.5. The van der Waals surface area contributed by atoms with Crippen molar-refractivity contribution >= 4 is 85.9 Å². The van der Waals surface area contributed by atoms with Crippen LogP contribution < -0.4 is 0 Å². The van der Waals surface area contributed by atoms with Gasteiger partial charge in [0.25, 0.3) is 0 Å². The second-order valence-electron chi connectivity index (χ2n) is 9.45. The SMILES string of the molecule is c1ccc(-n2c3cc4c5ccccc5[nH]c4c4ccc5cc6c7ccccc7sc6c2c5c43)cc1.